The molecule has 0 aliphatic carbocycles. The summed E-state index contributed by atoms with van der Waals surface area (Å²) in [5, 5.41) is 0. The molecule has 0 radical (unpaired) electrons. The van der Waals surface area contributed by atoms with Crippen LogP contribution in [0, 0.1) is 5.92 Å². The summed E-state index contributed by atoms with van der Waals surface area (Å²) in [5.74, 6) is 1.08. The van der Waals surface area contributed by atoms with E-state index in [9.17, 15) is 9.59 Å². The van der Waals surface area contributed by atoms with E-state index in [1.165, 1.54) is 0 Å². The Morgan fingerprint density at radius 3 is 2.59 bits per heavy atom. The van der Waals surface area contributed by atoms with Crippen molar-refractivity contribution in [2.75, 3.05) is 40.9 Å². The molecule has 2 amide bonds. The Labute approximate surface area is 167 Å². The Morgan fingerprint density at radius 1 is 1.33 bits per heavy atom. The Kier molecular flexibility index (Phi) is 8.85. The molecule has 1 fully saturated rings. The van der Waals surface area contributed by atoms with Crippen LogP contribution >= 0.6 is 12.4 Å². The molecule has 1 aromatic rings. The van der Waals surface area contributed by atoms with E-state index in [1.807, 2.05) is 25.1 Å². The van der Waals surface area contributed by atoms with E-state index in [2.05, 4.69) is 0 Å². The maximum absolute atomic E-state index is 12.5. The van der Waals surface area contributed by atoms with E-state index < -0.39 is 0 Å². The molecule has 1 aliphatic heterocycles. The molecular weight excluding hydrogens is 370 g/mol. The third-order valence-electron chi connectivity index (χ3n) is 5.03. The van der Waals surface area contributed by atoms with Gasteiger partial charge in [-0.1, -0.05) is 6.07 Å². The molecule has 7 nitrogen and oxygen atoms in total. The molecule has 8 heteroatoms. The van der Waals surface area contributed by atoms with Gasteiger partial charge in [0.25, 0.3) is 0 Å². The number of hydrogen-bond donors (Lipinski definition) is 1. The van der Waals surface area contributed by atoms with Crippen LogP contribution in [0.4, 0.5) is 0 Å². The van der Waals surface area contributed by atoms with Crippen LogP contribution < -0.4 is 15.2 Å². The first kappa shape index (κ1) is 23.0. The van der Waals surface area contributed by atoms with Gasteiger partial charge in [-0.05, 0) is 31.0 Å². The van der Waals surface area contributed by atoms with Gasteiger partial charge in [0.2, 0.25) is 11.8 Å². The Morgan fingerprint density at radius 2 is 2.00 bits per heavy atom. The molecule has 1 aromatic carbocycles. The Balaban J connectivity index is 0.00000364. The summed E-state index contributed by atoms with van der Waals surface area (Å²) in [4.78, 5) is 28.2. The number of carbonyl (C=O) groups is 2. The van der Waals surface area contributed by atoms with Crippen LogP contribution in [-0.4, -0.2) is 68.6 Å². The zero-order valence-corrected chi connectivity index (χ0v) is 17.3. The van der Waals surface area contributed by atoms with Crippen molar-refractivity contribution in [2.45, 2.75) is 25.8 Å². The van der Waals surface area contributed by atoms with Crippen molar-refractivity contribution >= 4 is 24.2 Å². The maximum Gasteiger partial charge on any atom is 0.228 e. The van der Waals surface area contributed by atoms with Crippen molar-refractivity contribution in [1.29, 1.82) is 0 Å². The zero-order valence-electron chi connectivity index (χ0n) is 16.4. The van der Waals surface area contributed by atoms with E-state index in [0.717, 1.165) is 5.56 Å². The Hall–Kier alpha value is -1.99. The molecule has 152 valence electrons. The molecule has 2 N–H and O–H groups in total. The molecular formula is C19H30ClN3O4. The maximum atomic E-state index is 12.5. The van der Waals surface area contributed by atoms with Crippen LogP contribution in [-0.2, 0) is 16.0 Å². The normalized spacial score (nSPS) is 17.3. The van der Waals surface area contributed by atoms with Gasteiger partial charge < -0.3 is 25.0 Å². The van der Waals surface area contributed by atoms with E-state index >= 15 is 0 Å². The molecule has 2 unspecified atom stereocenters. The van der Waals surface area contributed by atoms with Crippen molar-refractivity contribution in [3.63, 3.8) is 0 Å². The van der Waals surface area contributed by atoms with Crippen LogP contribution in [0.25, 0.3) is 0 Å². The molecule has 1 heterocycles. The lowest BCUT2D eigenvalue weighted by Crippen LogP contribution is -2.43. The Bertz CT molecular complexity index is 656. The summed E-state index contributed by atoms with van der Waals surface area (Å²) in [5.41, 5.74) is 6.68. The van der Waals surface area contributed by atoms with E-state index in [0.29, 0.717) is 37.6 Å². The van der Waals surface area contributed by atoms with E-state index in [-0.39, 0.29) is 42.6 Å². The van der Waals surface area contributed by atoms with Crippen LogP contribution in [0.5, 0.6) is 11.5 Å². The summed E-state index contributed by atoms with van der Waals surface area (Å²) in [6.45, 7) is 3.36. The van der Waals surface area contributed by atoms with Crippen molar-refractivity contribution in [3.8, 4) is 11.5 Å². The van der Waals surface area contributed by atoms with Gasteiger partial charge in [0.15, 0.2) is 11.5 Å². The van der Waals surface area contributed by atoms with E-state index in [4.69, 9.17) is 15.2 Å². The third-order valence-corrected chi connectivity index (χ3v) is 5.03. The van der Waals surface area contributed by atoms with Gasteiger partial charge in [-0.15, -0.1) is 12.4 Å². The van der Waals surface area contributed by atoms with Gasteiger partial charge in [0.1, 0.15) is 0 Å². The molecule has 2 rings (SSSR count). The average Bonchev–Trinajstić information content (AvgIpc) is 3.04. The summed E-state index contributed by atoms with van der Waals surface area (Å²) in [6, 6.07) is 5.70. The highest BCUT2D eigenvalue weighted by atomic mass is 35.5. The van der Waals surface area contributed by atoms with Crippen molar-refractivity contribution in [1.82, 2.24) is 9.80 Å². The predicted octanol–water partition coefficient (Wildman–Crippen LogP) is 1.32. The number of halogens is 1. The number of rotatable bonds is 8. The summed E-state index contributed by atoms with van der Waals surface area (Å²) >= 11 is 0. The topological polar surface area (TPSA) is 85.1 Å². The minimum Gasteiger partial charge on any atom is -0.493 e. The quantitative estimate of drug-likeness (QED) is 0.712. The average molecular weight is 400 g/mol. The highest BCUT2D eigenvalue weighted by Crippen LogP contribution is 2.28. The number of nitrogens with two attached hydrogens (primary N) is 1. The number of hydrogen-bond acceptors (Lipinski definition) is 5. The monoisotopic (exact) mass is 399 g/mol. The highest BCUT2D eigenvalue weighted by Gasteiger charge is 2.36. The van der Waals surface area contributed by atoms with Gasteiger partial charge in [-0.3, -0.25) is 9.59 Å². The third kappa shape index (κ3) is 5.49. The second-order valence-electron chi connectivity index (χ2n) is 6.71. The number of methoxy groups -OCH3 is 2. The second kappa shape index (κ2) is 10.4. The summed E-state index contributed by atoms with van der Waals surface area (Å²) in [7, 11) is 4.94. The SMILES string of the molecule is COc1ccc(CCN2CC(C(=O)N(C)C(C)CN)CC2=O)cc1OC.Cl. The number of nitrogens with zero attached hydrogens (tertiary/aromatic N) is 2. The molecule has 27 heavy (non-hydrogen) atoms. The van der Waals surface area contributed by atoms with Gasteiger partial charge in [0, 0.05) is 39.1 Å². The minimum atomic E-state index is -0.285. The van der Waals surface area contributed by atoms with Gasteiger partial charge in [-0.2, -0.15) is 0 Å². The van der Waals surface area contributed by atoms with Crippen LogP contribution in [0.2, 0.25) is 0 Å². The number of benzene rings is 1. The van der Waals surface area contributed by atoms with Crippen molar-refractivity contribution in [2.24, 2.45) is 11.7 Å². The zero-order chi connectivity index (χ0) is 19.3. The lowest BCUT2D eigenvalue weighted by Gasteiger charge is -2.26. The molecule has 2 atom stereocenters. The molecule has 0 saturated carbocycles. The molecule has 1 saturated heterocycles. The molecule has 1 aliphatic rings. The molecule has 0 spiro atoms. The number of ether oxygens (including phenoxy) is 2. The van der Waals surface area contributed by atoms with Crippen LogP contribution in [0.15, 0.2) is 18.2 Å². The van der Waals surface area contributed by atoms with Crippen molar-refractivity contribution in [3.05, 3.63) is 23.8 Å². The molecule has 0 bridgehead atoms. The standard InChI is InChI=1S/C19H29N3O4.ClH/c1-13(11-20)21(2)19(24)15-10-18(23)22(12-15)8-7-14-5-6-16(25-3)17(9-14)26-4;/h5-6,9,13,15H,7-8,10-12,20H2,1-4H3;1H. The second-order valence-corrected chi connectivity index (χ2v) is 6.71. The van der Waals surface area contributed by atoms with Gasteiger partial charge in [-0.25, -0.2) is 0 Å². The van der Waals surface area contributed by atoms with Crippen LogP contribution in [0.3, 0.4) is 0 Å². The van der Waals surface area contributed by atoms with Crippen LogP contribution in [0.1, 0.15) is 18.9 Å². The van der Waals surface area contributed by atoms with Gasteiger partial charge >= 0.3 is 0 Å². The summed E-state index contributed by atoms with van der Waals surface area (Å²) < 4.78 is 10.5. The lowest BCUT2D eigenvalue weighted by atomic mass is 10.1. The number of amides is 2. The summed E-state index contributed by atoms with van der Waals surface area (Å²) in [6.07, 6.45) is 0.967. The number of carbonyl (C=O) groups excluding carboxylic acids is 2. The first-order valence-electron chi connectivity index (χ1n) is 8.86. The van der Waals surface area contributed by atoms with Crippen molar-refractivity contribution < 1.29 is 19.1 Å². The van der Waals surface area contributed by atoms with Gasteiger partial charge in [0.05, 0.1) is 20.1 Å². The first-order chi connectivity index (χ1) is 12.4. The fourth-order valence-corrected chi connectivity index (χ4v) is 3.12. The lowest BCUT2D eigenvalue weighted by molar-refractivity contribution is -0.136. The largest absolute Gasteiger partial charge is 0.493 e. The molecule has 0 aromatic heterocycles. The first-order valence-corrected chi connectivity index (χ1v) is 8.86. The number of likely N-dealkylation sites (tertiary alicyclic amines) is 1. The number of likely N-dealkylation sites (N-methyl/N-ethyl adjacent to an activating group) is 1. The fourth-order valence-electron chi connectivity index (χ4n) is 3.12. The fraction of sp³-hybridized carbons (Fsp3) is 0.579. The minimum absolute atomic E-state index is 0. The smallest absolute Gasteiger partial charge is 0.228 e. The van der Waals surface area contributed by atoms with E-state index in [1.54, 1.807) is 31.1 Å². The highest BCUT2D eigenvalue weighted by molar-refractivity contribution is 5.89. The predicted molar refractivity (Wildman–Crippen MR) is 106 cm³/mol.